The predicted octanol–water partition coefficient (Wildman–Crippen LogP) is 1.50. The van der Waals surface area contributed by atoms with E-state index in [4.69, 9.17) is 0 Å². The summed E-state index contributed by atoms with van der Waals surface area (Å²) in [7, 11) is 0. The Morgan fingerprint density at radius 3 is 2.62 bits per heavy atom. The minimum absolute atomic E-state index is 0. The molecule has 0 bridgehead atoms. The number of hydrogen-bond acceptors (Lipinski definition) is 1. The van der Waals surface area contributed by atoms with Crippen LogP contribution in [0.2, 0.25) is 0 Å². The predicted molar refractivity (Wildman–Crippen MR) is 31.3 cm³/mol. The second-order valence-corrected chi connectivity index (χ2v) is 1.60. The second-order valence-electron chi connectivity index (χ2n) is 1.60. The zero-order chi connectivity index (χ0) is 6.41. The molecule has 0 aromatic heterocycles. The van der Waals surface area contributed by atoms with E-state index in [1.807, 2.05) is 6.92 Å². The smallest absolute Gasteiger partial charge is 0.250 e. The highest BCUT2D eigenvalue weighted by atomic mass is 19.3. The molecule has 0 aromatic rings. The van der Waals surface area contributed by atoms with Crippen molar-refractivity contribution in [2.45, 2.75) is 19.8 Å². The van der Waals surface area contributed by atoms with E-state index in [0.29, 0.717) is 6.54 Å². The van der Waals surface area contributed by atoms with Gasteiger partial charge in [-0.2, -0.15) is 0 Å². The third-order valence-electron chi connectivity index (χ3n) is 0.725. The van der Waals surface area contributed by atoms with Gasteiger partial charge in [0.25, 0.3) is 6.43 Å². The standard InChI is InChI=1S/C5H11F2N.H2/c1-2-3-8-4-5(6)7;/h5,8H,2-4H2,1H3;1H. The Morgan fingerprint density at radius 1 is 1.62 bits per heavy atom. The molecule has 0 saturated carbocycles. The molecule has 0 amide bonds. The molecule has 0 aromatic carbocycles. The summed E-state index contributed by atoms with van der Waals surface area (Å²) in [6.45, 7) is 2.46. The monoisotopic (exact) mass is 125 g/mol. The SMILES string of the molecule is CCCNCC(F)F.[HH]. The molecular formula is C5H13F2N. The molecule has 0 radical (unpaired) electrons. The Morgan fingerprint density at radius 2 is 2.25 bits per heavy atom. The third-order valence-corrected chi connectivity index (χ3v) is 0.725. The fourth-order valence-corrected chi connectivity index (χ4v) is 0.388. The van der Waals surface area contributed by atoms with Crippen LogP contribution >= 0.6 is 0 Å². The van der Waals surface area contributed by atoms with Crippen molar-refractivity contribution in [3.63, 3.8) is 0 Å². The summed E-state index contributed by atoms with van der Waals surface area (Å²) in [5.41, 5.74) is 0. The average molecular weight is 125 g/mol. The molecule has 8 heavy (non-hydrogen) atoms. The normalized spacial score (nSPS) is 10.5. The molecule has 0 heterocycles. The van der Waals surface area contributed by atoms with Crippen molar-refractivity contribution in [3.05, 3.63) is 0 Å². The number of hydrogen-bond donors (Lipinski definition) is 1. The molecule has 0 saturated heterocycles. The van der Waals surface area contributed by atoms with Crippen LogP contribution in [0.4, 0.5) is 8.78 Å². The zero-order valence-corrected chi connectivity index (χ0v) is 4.95. The van der Waals surface area contributed by atoms with Crippen LogP contribution in [-0.4, -0.2) is 19.5 Å². The van der Waals surface area contributed by atoms with E-state index in [1.165, 1.54) is 0 Å². The summed E-state index contributed by atoms with van der Waals surface area (Å²) in [5.74, 6) is 0. The highest BCUT2D eigenvalue weighted by Crippen LogP contribution is 1.86. The Bertz CT molecular complexity index is 52.2. The Balaban J connectivity index is 0. The van der Waals surface area contributed by atoms with Crippen LogP contribution in [0.25, 0.3) is 0 Å². The van der Waals surface area contributed by atoms with Gasteiger partial charge in [-0.1, -0.05) is 6.92 Å². The van der Waals surface area contributed by atoms with E-state index in [9.17, 15) is 8.78 Å². The van der Waals surface area contributed by atoms with Crippen LogP contribution < -0.4 is 5.32 Å². The number of nitrogens with one attached hydrogen (secondary N) is 1. The van der Waals surface area contributed by atoms with Gasteiger partial charge in [0.2, 0.25) is 0 Å². The van der Waals surface area contributed by atoms with Gasteiger partial charge < -0.3 is 5.32 Å². The molecule has 3 heteroatoms. The summed E-state index contributed by atoms with van der Waals surface area (Å²) in [6, 6.07) is 0. The quantitative estimate of drug-likeness (QED) is 0.561. The molecule has 0 aliphatic carbocycles. The molecule has 52 valence electrons. The van der Waals surface area contributed by atoms with Crippen LogP contribution in [-0.2, 0) is 0 Å². The van der Waals surface area contributed by atoms with Crippen molar-refractivity contribution in [1.29, 1.82) is 0 Å². The molecule has 0 fully saturated rings. The van der Waals surface area contributed by atoms with Gasteiger partial charge in [-0.25, -0.2) is 8.78 Å². The topological polar surface area (TPSA) is 12.0 Å². The fourth-order valence-electron chi connectivity index (χ4n) is 0.388. The molecule has 0 aliphatic heterocycles. The van der Waals surface area contributed by atoms with E-state index in [2.05, 4.69) is 5.32 Å². The molecule has 0 spiro atoms. The van der Waals surface area contributed by atoms with Crippen molar-refractivity contribution >= 4 is 0 Å². The largest absolute Gasteiger partial charge is 0.311 e. The lowest BCUT2D eigenvalue weighted by atomic mass is 10.5. The van der Waals surface area contributed by atoms with E-state index in [1.54, 1.807) is 0 Å². The summed E-state index contributed by atoms with van der Waals surface area (Å²) in [4.78, 5) is 0. The minimum Gasteiger partial charge on any atom is -0.311 e. The molecule has 0 unspecified atom stereocenters. The van der Waals surface area contributed by atoms with Crippen LogP contribution in [0.1, 0.15) is 14.8 Å². The molecule has 1 N–H and O–H groups in total. The van der Waals surface area contributed by atoms with E-state index >= 15 is 0 Å². The van der Waals surface area contributed by atoms with Gasteiger partial charge in [0.1, 0.15) is 0 Å². The first-order valence-electron chi connectivity index (χ1n) is 2.76. The van der Waals surface area contributed by atoms with Crippen LogP contribution in [0.15, 0.2) is 0 Å². The molecule has 1 nitrogen and oxygen atoms in total. The lowest BCUT2D eigenvalue weighted by Gasteiger charge is -1.98. The molecule has 0 aliphatic rings. The van der Waals surface area contributed by atoms with Crippen molar-refractivity contribution in [3.8, 4) is 0 Å². The van der Waals surface area contributed by atoms with Gasteiger partial charge in [0.15, 0.2) is 0 Å². The third kappa shape index (κ3) is 5.82. The first-order chi connectivity index (χ1) is 3.77. The van der Waals surface area contributed by atoms with Crippen molar-refractivity contribution < 1.29 is 10.2 Å². The maximum absolute atomic E-state index is 11.3. The number of rotatable bonds is 4. The summed E-state index contributed by atoms with van der Waals surface area (Å²) in [6.07, 6.45) is -1.30. The zero-order valence-electron chi connectivity index (χ0n) is 4.95. The first-order valence-corrected chi connectivity index (χ1v) is 2.76. The maximum atomic E-state index is 11.3. The van der Waals surface area contributed by atoms with E-state index in [0.717, 1.165) is 6.42 Å². The summed E-state index contributed by atoms with van der Waals surface area (Å²) < 4.78 is 22.6. The second kappa shape index (κ2) is 4.97. The molecule has 0 rings (SSSR count). The van der Waals surface area contributed by atoms with Gasteiger partial charge in [-0.3, -0.25) is 0 Å². The van der Waals surface area contributed by atoms with Crippen LogP contribution in [0, 0.1) is 0 Å². The minimum atomic E-state index is -2.21. The fraction of sp³-hybridized carbons (Fsp3) is 1.00. The maximum Gasteiger partial charge on any atom is 0.250 e. The molecule has 0 atom stereocenters. The molecular weight excluding hydrogens is 112 g/mol. The van der Waals surface area contributed by atoms with Gasteiger partial charge in [0, 0.05) is 1.43 Å². The highest BCUT2D eigenvalue weighted by molar-refractivity contribution is 4.45. The van der Waals surface area contributed by atoms with Gasteiger partial charge in [0.05, 0.1) is 6.54 Å². The van der Waals surface area contributed by atoms with E-state index < -0.39 is 6.43 Å². The van der Waals surface area contributed by atoms with Gasteiger partial charge >= 0.3 is 0 Å². The Hall–Kier alpha value is -0.180. The summed E-state index contributed by atoms with van der Waals surface area (Å²) in [5, 5.41) is 2.58. The van der Waals surface area contributed by atoms with Gasteiger partial charge in [-0.05, 0) is 13.0 Å². The summed E-state index contributed by atoms with van der Waals surface area (Å²) >= 11 is 0. The van der Waals surface area contributed by atoms with Crippen molar-refractivity contribution in [2.24, 2.45) is 0 Å². The highest BCUT2D eigenvalue weighted by Gasteiger charge is 1.97. The number of alkyl halides is 2. The van der Waals surface area contributed by atoms with Gasteiger partial charge in [-0.15, -0.1) is 0 Å². The Labute approximate surface area is 49.6 Å². The van der Waals surface area contributed by atoms with Crippen LogP contribution in [0.3, 0.4) is 0 Å². The lowest BCUT2D eigenvalue weighted by molar-refractivity contribution is 0.146. The lowest BCUT2D eigenvalue weighted by Crippen LogP contribution is -2.21. The number of halogens is 2. The first kappa shape index (κ1) is 7.82. The van der Waals surface area contributed by atoms with E-state index in [-0.39, 0.29) is 7.97 Å². The van der Waals surface area contributed by atoms with Crippen LogP contribution in [0.5, 0.6) is 0 Å². The van der Waals surface area contributed by atoms with Crippen molar-refractivity contribution in [1.82, 2.24) is 5.32 Å². The average Bonchev–Trinajstić information content (AvgIpc) is 1.66. The Kier molecular flexibility index (Phi) is 4.85. The van der Waals surface area contributed by atoms with Crippen molar-refractivity contribution in [2.75, 3.05) is 13.1 Å².